The van der Waals surface area contributed by atoms with E-state index in [1.54, 1.807) is 13.8 Å². The first-order chi connectivity index (χ1) is 11.5. The van der Waals surface area contributed by atoms with Gasteiger partial charge < -0.3 is 15.4 Å². The van der Waals surface area contributed by atoms with Gasteiger partial charge in [-0.2, -0.15) is 0 Å². The number of nitrogens with one attached hydrogen (secondary N) is 2. The molecule has 0 saturated heterocycles. The fourth-order valence-corrected chi connectivity index (χ4v) is 3.27. The molecular formula is C17H26N2O4S. The van der Waals surface area contributed by atoms with Crippen LogP contribution < -0.4 is 10.6 Å². The first-order valence-corrected chi connectivity index (χ1v) is 9.16. The lowest BCUT2D eigenvalue weighted by atomic mass is 10.1. The molecule has 2 amide bonds. The molecule has 0 radical (unpaired) electrons. The summed E-state index contributed by atoms with van der Waals surface area (Å²) in [6.45, 7) is 8.18. The second kappa shape index (κ2) is 10.1. The van der Waals surface area contributed by atoms with Gasteiger partial charge in [-0.15, -0.1) is 11.3 Å². The topological polar surface area (TPSA) is 84.5 Å². The van der Waals surface area contributed by atoms with Crippen molar-refractivity contribution in [2.75, 3.05) is 18.5 Å². The average molecular weight is 354 g/mol. The molecule has 0 saturated carbocycles. The van der Waals surface area contributed by atoms with Crippen LogP contribution in [0, 0.1) is 6.92 Å². The van der Waals surface area contributed by atoms with Crippen molar-refractivity contribution >= 4 is 34.1 Å². The number of anilines is 1. The van der Waals surface area contributed by atoms with Crippen LogP contribution in [-0.2, 0) is 9.53 Å². The van der Waals surface area contributed by atoms with Crippen molar-refractivity contribution in [2.24, 2.45) is 0 Å². The van der Waals surface area contributed by atoms with Crippen LogP contribution >= 0.6 is 11.3 Å². The van der Waals surface area contributed by atoms with E-state index in [1.165, 1.54) is 0 Å². The SMILES string of the molecule is CCCCNC(=O)c1sc(NC(=O)CCC)c(C(=O)OCC)c1C. The highest BCUT2D eigenvalue weighted by molar-refractivity contribution is 7.18. The van der Waals surface area contributed by atoms with E-state index in [9.17, 15) is 14.4 Å². The number of rotatable bonds is 9. The highest BCUT2D eigenvalue weighted by Crippen LogP contribution is 2.34. The van der Waals surface area contributed by atoms with E-state index in [0.717, 1.165) is 24.2 Å². The van der Waals surface area contributed by atoms with Crippen molar-refractivity contribution in [3.05, 3.63) is 16.0 Å². The molecule has 0 fully saturated rings. The monoisotopic (exact) mass is 354 g/mol. The van der Waals surface area contributed by atoms with Crippen LogP contribution in [0.3, 0.4) is 0 Å². The number of thiophene rings is 1. The molecule has 0 spiro atoms. The molecule has 6 nitrogen and oxygen atoms in total. The predicted molar refractivity (Wildman–Crippen MR) is 95.8 cm³/mol. The molecule has 0 aliphatic rings. The van der Waals surface area contributed by atoms with Gasteiger partial charge in [-0.1, -0.05) is 20.3 Å². The van der Waals surface area contributed by atoms with Crippen molar-refractivity contribution in [3.8, 4) is 0 Å². The second-order valence-electron chi connectivity index (χ2n) is 5.39. The molecule has 2 N–H and O–H groups in total. The quantitative estimate of drug-likeness (QED) is 0.525. The summed E-state index contributed by atoms with van der Waals surface area (Å²) in [6.07, 6.45) is 2.93. The molecule has 0 aromatic carbocycles. The molecule has 1 rings (SSSR count). The van der Waals surface area contributed by atoms with Gasteiger partial charge in [0.1, 0.15) is 5.00 Å². The van der Waals surface area contributed by atoms with E-state index in [2.05, 4.69) is 10.6 Å². The Labute approximate surface area is 147 Å². The minimum absolute atomic E-state index is 0.178. The van der Waals surface area contributed by atoms with Gasteiger partial charge >= 0.3 is 5.97 Å². The van der Waals surface area contributed by atoms with Gasteiger partial charge in [0.2, 0.25) is 5.91 Å². The number of hydrogen-bond donors (Lipinski definition) is 2. The predicted octanol–water partition coefficient (Wildman–Crippen LogP) is 3.50. The minimum atomic E-state index is -0.523. The number of unbranched alkanes of at least 4 members (excludes halogenated alkanes) is 1. The molecule has 24 heavy (non-hydrogen) atoms. The molecule has 1 aromatic rings. The molecule has 7 heteroatoms. The smallest absolute Gasteiger partial charge is 0.341 e. The number of carbonyl (C=O) groups excluding carboxylic acids is 3. The Bertz CT molecular complexity index is 596. The average Bonchev–Trinajstić information content (AvgIpc) is 2.84. The Balaban J connectivity index is 3.11. The van der Waals surface area contributed by atoms with E-state index in [4.69, 9.17) is 4.74 Å². The van der Waals surface area contributed by atoms with Gasteiger partial charge in [-0.25, -0.2) is 4.79 Å². The molecule has 1 heterocycles. The molecule has 0 bridgehead atoms. The van der Waals surface area contributed by atoms with Crippen molar-refractivity contribution in [1.82, 2.24) is 5.32 Å². The summed E-state index contributed by atoms with van der Waals surface area (Å²) in [7, 11) is 0. The summed E-state index contributed by atoms with van der Waals surface area (Å²) >= 11 is 1.12. The van der Waals surface area contributed by atoms with Crippen LogP contribution in [0.15, 0.2) is 0 Å². The van der Waals surface area contributed by atoms with Crippen LogP contribution in [0.4, 0.5) is 5.00 Å². The lowest BCUT2D eigenvalue weighted by Gasteiger charge is -2.06. The summed E-state index contributed by atoms with van der Waals surface area (Å²) in [5, 5.41) is 5.95. The van der Waals surface area contributed by atoms with Crippen molar-refractivity contribution < 1.29 is 19.1 Å². The first kappa shape index (κ1) is 20.2. The standard InChI is InChI=1S/C17H26N2O4S/c1-5-8-10-18-15(21)14-11(4)13(17(22)23-7-3)16(24-14)19-12(20)9-6-2/h5-10H2,1-4H3,(H,18,21)(H,19,20). The zero-order valence-electron chi connectivity index (χ0n) is 14.8. The fourth-order valence-electron chi connectivity index (χ4n) is 2.14. The zero-order chi connectivity index (χ0) is 18.1. The lowest BCUT2D eigenvalue weighted by molar-refractivity contribution is -0.116. The van der Waals surface area contributed by atoms with E-state index < -0.39 is 5.97 Å². The van der Waals surface area contributed by atoms with Gasteiger partial charge in [0, 0.05) is 13.0 Å². The fraction of sp³-hybridized carbons (Fsp3) is 0.588. The summed E-state index contributed by atoms with van der Waals surface area (Å²) in [5.74, 6) is -0.930. The third-order valence-electron chi connectivity index (χ3n) is 3.38. The van der Waals surface area contributed by atoms with E-state index >= 15 is 0 Å². The molecular weight excluding hydrogens is 328 g/mol. The molecule has 0 atom stereocenters. The van der Waals surface area contributed by atoms with Gasteiger partial charge in [0.05, 0.1) is 17.0 Å². The highest BCUT2D eigenvalue weighted by atomic mass is 32.1. The van der Waals surface area contributed by atoms with Gasteiger partial charge in [0.15, 0.2) is 0 Å². The maximum absolute atomic E-state index is 12.3. The van der Waals surface area contributed by atoms with E-state index in [1.807, 2.05) is 13.8 Å². The Morgan fingerprint density at radius 3 is 2.42 bits per heavy atom. The molecule has 1 aromatic heterocycles. The molecule has 134 valence electrons. The maximum atomic E-state index is 12.3. The Kier molecular flexibility index (Phi) is 8.46. The first-order valence-electron chi connectivity index (χ1n) is 8.34. The third-order valence-corrected chi connectivity index (χ3v) is 4.58. The Morgan fingerprint density at radius 2 is 1.83 bits per heavy atom. The maximum Gasteiger partial charge on any atom is 0.341 e. The van der Waals surface area contributed by atoms with Crippen LogP contribution in [0.1, 0.15) is 72.0 Å². The van der Waals surface area contributed by atoms with E-state index in [0.29, 0.717) is 34.8 Å². The third kappa shape index (κ3) is 5.33. The van der Waals surface area contributed by atoms with Crippen molar-refractivity contribution in [2.45, 2.75) is 53.4 Å². The van der Waals surface area contributed by atoms with Crippen LogP contribution in [0.2, 0.25) is 0 Å². The number of carbonyl (C=O) groups is 3. The lowest BCUT2D eigenvalue weighted by Crippen LogP contribution is -2.24. The van der Waals surface area contributed by atoms with Crippen molar-refractivity contribution in [1.29, 1.82) is 0 Å². The van der Waals surface area contributed by atoms with Gasteiger partial charge in [-0.3, -0.25) is 9.59 Å². The highest BCUT2D eigenvalue weighted by Gasteiger charge is 2.26. The Hall–Kier alpha value is -1.89. The summed E-state index contributed by atoms with van der Waals surface area (Å²) in [5.41, 5.74) is 0.811. The zero-order valence-corrected chi connectivity index (χ0v) is 15.6. The van der Waals surface area contributed by atoms with Gasteiger partial charge in [0.25, 0.3) is 5.91 Å². The summed E-state index contributed by atoms with van der Waals surface area (Å²) in [6, 6.07) is 0. The minimum Gasteiger partial charge on any atom is -0.462 e. The largest absolute Gasteiger partial charge is 0.462 e. The number of ether oxygens (including phenoxy) is 1. The second-order valence-corrected chi connectivity index (χ2v) is 6.41. The van der Waals surface area contributed by atoms with E-state index in [-0.39, 0.29) is 24.0 Å². The number of hydrogen-bond acceptors (Lipinski definition) is 5. The molecule has 0 aliphatic carbocycles. The molecule has 0 aliphatic heterocycles. The Morgan fingerprint density at radius 1 is 1.12 bits per heavy atom. The number of amides is 2. The van der Waals surface area contributed by atoms with Crippen LogP contribution in [-0.4, -0.2) is 30.9 Å². The van der Waals surface area contributed by atoms with Crippen LogP contribution in [0.5, 0.6) is 0 Å². The summed E-state index contributed by atoms with van der Waals surface area (Å²) < 4.78 is 5.07. The van der Waals surface area contributed by atoms with Gasteiger partial charge in [-0.05, 0) is 32.3 Å². The number of esters is 1. The normalized spacial score (nSPS) is 10.3. The summed E-state index contributed by atoms with van der Waals surface area (Å²) in [4.78, 5) is 36.9. The molecule has 0 unspecified atom stereocenters. The van der Waals surface area contributed by atoms with Crippen molar-refractivity contribution in [3.63, 3.8) is 0 Å². The van der Waals surface area contributed by atoms with Crippen LogP contribution in [0.25, 0.3) is 0 Å².